The molecule has 0 spiro atoms. The fraction of sp³-hybridized carbons (Fsp3) is 0.786. The van der Waals surface area contributed by atoms with Gasteiger partial charge in [-0.3, -0.25) is 19.2 Å². The van der Waals surface area contributed by atoms with Crippen molar-refractivity contribution in [3.8, 4) is 0 Å². The summed E-state index contributed by atoms with van der Waals surface area (Å²) in [6.07, 6.45) is -8.04. The van der Waals surface area contributed by atoms with E-state index >= 15 is 0 Å². The van der Waals surface area contributed by atoms with Gasteiger partial charge >= 0.3 is 23.9 Å². The topological polar surface area (TPSA) is 175 Å². The highest BCUT2D eigenvalue weighted by Crippen LogP contribution is 2.65. The molecule has 0 amide bonds. The van der Waals surface area contributed by atoms with E-state index < -0.39 is 88.5 Å². The lowest BCUT2D eigenvalue weighted by atomic mass is 9.44. The Labute approximate surface area is 232 Å². The molecule has 3 fully saturated rings. The lowest BCUT2D eigenvalue weighted by Gasteiger charge is -2.69. The van der Waals surface area contributed by atoms with Crippen LogP contribution < -0.4 is 0 Å². The number of ether oxygens (including phenoxy) is 5. The van der Waals surface area contributed by atoms with Crippen molar-refractivity contribution in [2.24, 2.45) is 16.7 Å². The number of rotatable bonds is 4. The number of esters is 4. The van der Waals surface area contributed by atoms with Crippen molar-refractivity contribution in [3.63, 3.8) is 0 Å². The molecule has 3 aliphatic carbocycles. The molecule has 2 saturated carbocycles. The summed E-state index contributed by atoms with van der Waals surface area (Å²) >= 11 is 0. The molecule has 1 saturated heterocycles. The van der Waals surface area contributed by atoms with Crippen LogP contribution >= 0.6 is 0 Å². The first-order chi connectivity index (χ1) is 18.3. The number of aliphatic hydroxyl groups excluding tert-OH is 2. The monoisotopic (exact) mass is 568 g/mol. The molecule has 0 aromatic heterocycles. The van der Waals surface area contributed by atoms with Gasteiger partial charge in [-0.1, -0.05) is 20.8 Å². The zero-order valence-corrected chi connectivity index (χ0v) is 24.2. The van der Waals surface area contributed by atoms with Crippen molar-refractivity contribution >= 4 is 23.9 Å². The van der Waals surface area contributed by atoms with Crippen LogP contribution in [0.5, 0.6) is 0 Å². The molecule has 12 nitrogen and oxygen atoms in total. The van der Waals surface area contributed by atoms with E-state index in [2.05, 4.69) is 0 Å². The fourth-order valence-electron chi connectivity index (χ4n) is 7.88. The van der Waals surface area contributed by atoms with Gasteiger partial charge in [0, 0.05) is 51.4 Å². The minimum absolute atomic E-state index is 0.0488. The molecule has 3 N–H and O–H groups in total. The highest BCUT2D eigenvalue weighted by molar-refractivity contribution is 5.69. The Morgan fingerprint density at radius 3 is 1.95 bits per heavy atom. The first kappa shape index (κ1) is 30.4. The third-order valence-electron chi connectivity index (χ3n) is 9.78. The summed E-state index contributed by atoms with van der Waals surface area (Å²) in [6.45, 7) is 11.1. The van der Waals surface area contributed by atoms with E-state index in [0.29, 0.717) is 5.57 Å². The highest BCUT2D eigenvalue weighted by atomic mass is 16.6. The van der Waals surface area contributed by atoms with Crippen molar-refractivity contribution in [2.45, 2.75) is 116 Å². The second-order valence-corrected chi connectivity index (χ2v) is 12.4. The van der Waals surface area contributed by atoms with Gasteiger partial charge in [-0.15, -0.1) is 0 Å². The molecule has 0 aromatic rings. The molecule has 0 aromatic carbocycles. The molecule has 4 aliphatic rings. The average Bonchev–Trinajstić information content (AvgIpc) is 2.80. The van der Waals surface area contributed by atoms with Gasteiger partial charge in [0.2, 0.25) is 0 Å². The molecule has 12 heteroatoms. The van der Waals surface area contributed by atoms with E-state index in [1.54, 1.807) is 20.8 Å². The Balaban J connectivity index is 2.12. The zero-order chi connectivity index (χ0) is 30.2. The molecule has 40 heavy (non-hydrogen) atoms. The van der Waals surface area contributed by atoms with E-state index in [1.165, 1.54) is 27.7 Å². The van der Waals surface area contributed by atoms with E-state index in [1.807, 2.05) is 0 Å². The summed E-state index contributed by atoms with van der Waals surface area (Å²) < 4.78 is 28.9. The van der Waals surface area contributed by atoms with Gasteiger partial charge in [-0.25, -0.2) is 0 Å². The number of hydrogen-bond donors (Lipinski definition) is 3. The molecule has 0 unspecified atom stereocenters. The Morgan fingerprint density at radius 1 is 0.900 bits per heavy atom. The molecule has 0 radical (unpaired) electrons. The number of fused-ring (bicyclic) bond motifs is 5. The van der Waals surface area contributed by atoms with Crippen molar-refractivity contribution in [2.75, 3.05) is 6.61 Å². The maximum atomic E-state index is 12.8. The highest BCUT2D eigenvalue weighted by Gasteiger charge is 2.78. The second-order valence-electron chi connectivity index (χ2n) is 12.4. The average molecular weight is 569 g/mol. The molecule has 2 bridgehead atoms. The summed E-state index contributed by atoms with van der Waals surface area (Å²) in [4.78, 5) is 49.7. The van der Waals surface area contributed by atoms with Gasteiger partial charge in [-0.2, -0.15) is 0 Å². The minimum atomic E-state index is -2.04. The van der Waals surface area contributed by atoms with E-state index in [-0.39, 0.29) is 25.0 Å². The molecular weight excluding hydrogens is 528 g/mol. The predicted molar refractivity (Wildman–Crippen MR) is 135 cm³/mol. The Bertz CT molecular complexity index is 1140. The van der Waals surface area contributed by atoms with Crippen LogP contribution in [0.3, 0.4) is 0 Å². The van der Waals surface area contributed by atoms with Crippen LogP contribution in [0.1, 0.15) is 68.2 Å². The normalized spacial score (nSPS) is 43.5. The second kappa shape index (κ2) is 9.78. The molecular formula is C28H40O12. The van der Waals surface area contributed by atoms with Gasteiger partial charge < -0.3 is 39.0 Å². The third kappa shape index (κ3) is 4.17. The first-order valence-corrected chi connectivity index (χ1v) is 13.5. The number of carbonyl (C=O) groups excluding carboxylic acids is 4. The van der Waals surface area contributed by atoms with Crippen LogP contribution in [0.25, 0.3) is 0 Å². The largest absolute Gasteiger partial charge is 0.459 e. The number of aliphatic hydroxyl groups is 3. The first-order valence-electron chi connectivity index (χ1n) is 13.5. The third-order valence-corrected chi connectivity index (χ3v) is 9.78. The van der Waals surface area contributed by atoms with Gasteiger partial charge in [0.05, 0.1) is 18.6 Å². The van der Waals surface area contributed by atoms with Crippen LogP contribution in [0.2, 0.25) is 0 Å². The summed E-state index contributed by atoms with van der Waals surface area (Å²) in [6, 6.07) is 0. The lowest BCUT2D eigenvalue weighted by molar-refractivity contribution is -0.366. The van der Waals surface area contributed by atoms with Crippen molar-refractivity contribution in [3.05, 3.63) is 11.1 Å². The lowest BCUT2D eigenvalue weighted by Crippen LogP contribution is -2.82. The van der Waals surface area contributed by atoms with Crippen LogP contribution in [0, 0.1) is 16.7 Å². The Morgan fingerprint density at radius 2 is 1.48 bits per heavy atom. The van der Waals surface area contributed by atoms with Crippen LogP contribution in [0.4, 0.5) is 0 Å². The number of carbonyl (C=O) groups is 4. The summed E-state index contributed by atoms with van der Waals surface area (Å²) in [5.74, 6) is -4.06. The molecule has 10 atom stereocenters. The van der Waals surface area contributed by atoms with Crippen LogP contribution in [-0.2, 0) is 42.9 Å². The Hall–Kier alpha value is -2.54. The van der Waals surface area contributed by atoms with E-state index in [4.69, 9.17) is 23.7 Å². The zero-order valence-electron chi connectivity index (χ0n) is 24.2. The summed E-state index contributed by atoms with van der Waals surface area (Å²) in [5.41, 5.74) is -5.87. The van der Waals surface area contributed by atoms with Gasteiger partial charge in [0.1, 0.15) is 30.0 Å². The standard InChI is InChI=1S/C28H40O12/c1-12-17(37-13(2)29)10-28(35)24(39-15(4)31)22-26(8,18(33)9-19-27(22,11-36-19)40-16(5)32)23(34)21(38-14(3)30)20(12)25(28,6)7/h17-19,21-24,33-35H,9-11H2,1-8H3/t17-,18-,19+,21+,22-,23+,24-,26+,27-,28+/m0/s1. The number of hydrogen-bond acceptors (Lipinski definition) is 12. The quantitative estimate of drug-likeness (QED) is 0.247. The summed E-state index contributed by atoms with van der Waals surface area (Å²) in [5, 5.41) is 36.6. The smallest absolute Gasteiger partial charge is 0.303 e. The molecule has 4 rings (SSSR count). The van der Waals surface area contributed by atoms with Gasteiger partial charge in [0.25, 0.3) is 0 Å². The molecule has 1 aliphatic heterocycles. The van der Waals surface area contributed by atoms with Crippen LogP contribution in [-0.4, -0.2) is 93.6 Å². The molecule has 224 valence electrons. The fourth-order valence-corrected chi connectivity index (χ4v) is 7.88. The predicted octanol–water partition coefficient (Wildman–Crippen LogP) is 0.721. The van der Waals surface area contributed by atoms with Crippen molar-refractivity contribution in [1.29, 1.82) is 0 Å². The molecule has 1 heterocycles. The van der Waals surface area contributed by atoms with Gasteiger partial charge in [-0.05, 0) is 18.1 Å². The SMILES string of the molecule is CC(=O)O[C@H]1C[C@@]2(O)[C@@H](OC(C)=O)[C@@H]3[C@]4(OC(C)=O)CO[C@@H]4C[C@H](O)[C@@]3(C)[C@H](O)[C@H](OC(C)=O)C(=C1C)C2(C)C. The van der Waals surface area contributed by atoms with Crippen molar-refractivity contribution < 1.29 is 58.2 Å². The van der Waals surface area contributed by atoms with Gasteiger partial charge in [0.15, 0.2) is 11.7 Å². The minimum Gasteiger partial charge on any atom is -0.459 e. The maximum Gasteiger partial charge on any atom is 0.303 e. The van der Waals surface area contributed by atoms with E-state index in [9.17, 15) is 34.5 Å². The van der Waals surface area contributed by atoms with Crippen molar-refractivity contribution in [1.82, 2.24) is 0 Å². The van der Waals surface area contributed by atoms with E-state index in [0.717, 1.165) is 6.92 Å². The maximum absolute atomic E-state index is 12.8. The van der Waals surface area contributed by atoms with Crippen LogP contribution in [0.15, 0.2) is 11.1 Å². The Kier molecular flexibility index (Phi) is 7.44. The summed E-state index contributed by atoms with van der Waals surface area (Å²) in [7, 11) is 0.